The van der Waals surface area contributed by atoms with Gasteiger partial charge in [-0.1, -0.05) is 66.7 Å². The Morgan fingerprint density at radius 3 is 2.38 bits per heavy atom. The Morgan fingerprint density at radius 2 is 1.71 bits per heavy atom. The summed E-state index contributed by atoms with van der Waals surface area (Å²) >= 11 is 0. The number of hydrogen-bond donors (Lipinski definition) is 0. The second-order valence-corrected chi connectivity index (χ2v) is 8.30. The van der Waals surface area contributed by atoms with Crippen LogP contribution in [-0.4, -0.2) is 59.4 Å². The van der Waals surface area contributed by atoms with E-state index in [4.69, 9.17) is 9.47 Å². The SMILES string of the molecule is CO[C@@H](C(=O)N1CC(=O)N(Cc2cccnc2)C[C@@H](OCc2ccccc2)C1)c1ccccc1. The fourth-order valence-corrected chi connectivity index (χ4v) is 4.08. The van der Waals surface area contributed by atoms with Gasteiger partial charge in [-0.15, -0.1) is 0 Å². The third-order valence-corrected chi connectivity index (χ3v) is 5.83. The van der Waals surface area contributed by atoms with Crippen molar-refractivity contribution < 1.29 is 19.1 Å². The number of carbonyl (C=O) groups is 2. The van der Waals surface area contributed by atoms with E-state index in [1.165, 1.54) is 7.11 Å². The summed E-state index contributed by atoms with van der Waals surface area (Å²) < 4.78 is 11.8. The molecule has 4 rings (SSSR count). The number of aromatic nitrogens is 1. The molecule has 176 valence electrons. The summed E-state index contributed by atoms with van der Waals surface area (Å²) in [6.07, 6.45) is 2.32. The van der Waals surface area contributed by atoms with E-state index in [0.717, 1.165) is 16.7 Å². The Bertz CT molecular complexity index is 1060. The number of rotatable bonds is 8. The summed E-state index contributed by atoms with van der Waals surface area (Å²) in [6.45, 7) is 1.46. The molecule has 1 aliphatic heterocycles. The molecule has 0 saturated carbocycles. The highest BCUT2D eigenvalue weighted by Crippen LogP contribution is 2.22. The van der Waals surface area contributed by atoms with Crippen molar-refractivity contribution in [2.45, 2.75) is 25.4 Å². The normalized spacial score (nSPS) is 17.3. The van der Waals surface area contributed by atoms with Gasteiger partial charge in [0.2, 0.25) is 5.91 Å². The van der Waals surface area contributed by atoms with Gasteiger partial charge in [0.05, 0.1) is 19.3 Å². The number of carbonyl (C=O) groups excluding carboxylic acids is 2. The van der Waals surface area contributed by atoms with Crippen LogP contribution in [0.15, 0.2) is 85.2 Å². The van der Waals surface area contributed by atoms with Crippen LogP contribution in [0.25, 0.3) is 0 Å². The molecular weight excluding hydrogens is 430 g/mol. The average Bonchev–Trinajstić information content (AvgIpc) is 3.03. The summed E-state index contributed by atoms with van der Waals surface area (Å²) in [4.78, 5) is 34.1. The van der Waals surface area contributed by atoms with E-state index in [0.29, 0.717) is 26.2 Å². The van der Waals surface area contributed by atoms with Crippen molar-refractivity contribution in [1.82, 2.24) is 14.8 Å². The number of benzene rings is 2. The maximum Gasteiger partial charge on any atom is 0.256 e. The number of pyridine rings is 1. The summed E-state index contributed by atoms with van der Waals surface area (Å²) in [5.41, 5.74) is 2.71. The number of amides is 2. The fraction of sp³-hybridized carbons (Fsp3) is 0.296. The van der Waals surface area contributed by atoms with Gasteiger partial charge in [-0.25, -0.2) is 0 Å². The monoisotopic (exact) mass is 459 g/mol. The third kappa shape index (κ3) is 6.07. The van der Waals surface area contributed by atoms with E-state index in [1.807, 2.05) is 72.8 Å². The van der Waals surface area contributed by atoms with Crippen LogP contribution in [0.3, 0.4) is 0 Å². The van der Waals surface area contributed by atoms with Crippen LogP contribution in [0.5, 0.6) is 0 Å². The molecule has 0 bridgehead atoms. The van der Waals surface area contributed by atoms with Crippen LogP contribution >= 0.6 is 0 Å². The minimum Gasteiger partial charge on any atom is -0.370 e. The van der Waals surface area contributed by atoms with Gasteiger partial charge in [-0.05, 0) is 22.8 Å². The van der Waals surface area contributed by atoms with Gasteiger partial charge in [0.25, 0.3) is 5.91 Å². The molecule has 1 fully saturated rings. The summed E-state index contributed by atoms with van der Waals surface area (Å²) in [5, 5.41) is 0. The van der Waals surface area contributed by atoms with Crippen molar-refractivity contribution in [2.75, 3.05) is 26.7 Å². The van der Waals surface area contributed by atoms with Crippen molar-refractivity contribution in [3.63, 3.8) is 0 Å². The summed E-state index contributed by atoms with van der Waals surface area (Å²) in [5.74, 6) is -0.385. The van der Waals surface area contributed by atoms with Crippen molar-refractivity contribution in [3.05, 3.63) is 102 Å². The molecule has 2 heterocycles. The smallest absolute Gasteiger partial charge is 0.256 e. The predicted octanol–water partition coefficient (Wildman–Crippen LogP) is 3.23. The maximum atomic E-state index is 13.5. The first-order valence-corrected chi connectivity index (χ1v) is 11.3. The van der Waals surface area contributed by atoms with Crippen molar-refractivity contribution in [2.24, 2.45) is 0 Å². The molecule has 2 atom stereocenters. The van der Waals surface area contributed by atoms with Crippen LogP contribution in [0.1, 0.15) is 22.8 Å². The molecule has 2 aromatic carbocycles. The van der Waals surface area contributed by atoms with Crippen LogP contribution < -0.4 is 0 Å². The largest absolute Gasteiger partial charge is 0.370 e. The third-order valence-electron chi connectivity index (χ3n) is 5.83. The van der Waals surface area contributed by atoms with E-state index in [-0.39, 0.29) is 24.5 Å². The molecule has 2 amide bonds. The van der Waals surface area contributed by atoms with Crippen LogP contribution in [0, 0.1) is 0 Å². The highest BCUT2D eigenvalue weighted by atomic mass is 16.5. The van der Waals surface area contributed by atoms with E-state index in [9.17, 15) is 9.59 Å². The molecule has 0 N–H and O–H groups in total. The molecule has 7 nitrogen and oxygen atoms in total. The second kappa shape index (κ2) is 11.5. The highest BCUT2D eigenvalue weighted by molar-refractivity contribution is 5.88. The van der Waals surface area contributed by atoms with Gasteiger partial charge in [0.1, 0.15) is 0 Å². The summed E-state index contributed by atoms with van der Waals surface area (Å²) in [7, 11) is 1.51. The van der Waals surface area contributed by atoms with Gasteiger partial charge >= 0.3 is 0 Å². The Morgan fingerprint density at radius 1 is 1.00 bits per heavy atom. The van der Waals surface area contributed by atoms with Crippen molar-refractivity contribution in [1.29, 1.82) is 0 Å². The van der Waals surface area contributed by atoms with Crippen LogP contribution in [0.2, 0.25) is 0 Å². The Balaban J connectivity index is 1.54. The molecule has 0 unspecified atom stereocenters. The van der Waals surface area contributed by atoms with E-state index in [2.05, 4.69) is 4.98 Å². The van der Waals surface area contributed by atoms with Crippen LogP contribution in [0.4, 0.5) is 0 Å². The zero-order valence-corrected chi connectivity index (χ0v) is 19.2. The van der Waals surface area contributed by atoms with Gasteiger partial charge < -0.3 is 19.3 Å². The number of nitrogens with zero attached hydrogens (tertiary/aromatic N) is 3. The molecule has 7 heteroatoms. The molecule has 34 heavy (non-hydrogen) atoms. The molecule has 1 aromatic heterocycles. The maximum absolute atomic E-state index is 13.5. The zero-order valence-electron chi connectivity index (χ0n) is 19.2. The first-order chi connectivity index (χ1) is 16.6. The van der Waals surface area contributed by atoms with Crippen molar-refractivity contribution >= 4 is 11.8 Å². The minimum atomic E-state index is -0.784. The molecule has 0 aliphatic carbocycles. The fourth-order valence-electron chi connectivity index (χ4n) is 4.08. The molecular formula is C27H29N3O4. The predicted molar refractivity (Wildman–Crippen MR) is 127 cm³/mol. The van der Waals surface area contributed by atoms with Crippen molar-refractivity contribution in [3.8, 4) is 0 Å². The van der Waals surface area contributed by atoms with Gasteiger partial charge in [-0.3, -0.25) is 14.6 Å². The number of methoxy groups -OCH3 is 1. The number of hydrogen-bond acceptors (Lipinski definition) is 5. The molecule has 3 aromatic rings. The van der Waals surface area contributed by atoms with Crippen LogP contribution in [-0.2, 0) is 32.2 Å². The first kappa shape index (κ1) is 23.6. The zero-order chi connectivity index (χ0) is 23.8. The lowest BCUT2D eigenvalue weighted by Crippen LogP contribution is -2.42. The minimum absolute atomic E-state index is 0.0308. The molecule has 1 saturated heterocycles. The average molecular weight is 460 g/mol. The Kier molecular flexibility index (Phi) is 8.01. The van der Waals surface area contributed by atoms with E-state index in [1.54, 1.807) is 22.2 Å². The lowest BCUT2D eigenvalue weighted by molar-refractivity contribution is -0.146. The van der Waals surface area contributed by atoms with E-state index < -0.39 is 6.10 Å². The van der Waals surface area contributed by atoms with E-state index >= 15 is 0 Å². The standard InChI is InChI=1S/C27H29N3O4/c1-33-26(23-12-6-3-7-13-23)27(32)30-18-24(34-20-21-9-4-2-5-10-21)17-29(25(31)19-30)16-22-11-8-14-28-15-22/h2-15,24,26H,16-20H2,1H3/t24-,26-/m1/s1. The Labute approximate surface area is 199 Å². The highest BCUT2D eigenvalue weighted by Gasteiger charge is 2.34. The topological polar surface area (TPSA) is 72.0 Å². The second-order valence-electron chi connectivity index (χ2n) is 8.30. The summed E-state index contributed by atoms with van der Waals surface area (Å²) in [6, 6.07) is 23.0. The molecule has 0 spiro atoms. The van der Waals surface area contributed by atoms with Gasteiger partial charge in [0, 0.05) is 39.1 Å². The Hall–Kier alpha value is -3.55. The molecule has 0 radical (unpaired) electrons. The molecule has 1 aliphatic rings. The van der Waals surface area contributed by atoms with Gasteiger partial charge in [-0.2, -0.15) is 0 Å². The van der Waals surface area contributed by atoms with Gasteiger partial charge in [0.15, 0.2) is 6.10 Å². The lowest BCUT2D eigenvalue weighted by atomic mass is 10.1. The first-order valence-electron chi connectivity index (χ1n) is 11.3. The quantitative estimate of drug-likeness (QED) is 0.517. The lowest BCUT2D eigenvalue weighted by Gasteiger charge is -2.27. The number of ether oxygens (including phenoxy) is 2.